The van der Waals surface area contributed by atoms with Crippen LogP contribution in [0.4, 0.5) is 0 Å². The molecular weight excluding hydrogens is 350 g/mol. The van der Waals surface area contributed by atoms with Gasteiger partial charge in [-0.05, 0) is 49.9 Å². The van der Waals surface area contributed by atoms with Crippen molar-refractivity contribution in [3.63, 3.8) is 0 Å². The van der Waals surface area contributed by atoms with E-state index in [9.17, 15) is 4.79 Å². The SMILES string of the molecule is Cc1cccc2nc(C(=O)N3CCC[C@@H](Cc4nc5ccccc5[nH]4)C3)cn12. The van der Waals surface area contributed by atoms with Gasteiger partial charge >= 0.3 is 0 Å². The summed E-state index contributed by atoms with van der Waals surface area (Å²) < 4.78 is 1.98. The summed E-state index contributed by atoms with van der Waals surface area (Å²) in [5.41, 5.74) is 4.49. The number of aromatic amines is 1. The van der Waals surface area contributed by atoms with Crippen LogP contribution in [0.25, 0.3) is 16.7 Å². The number of aromatic nitrogens is 4. The zero-order chi connectivity index (χ0) is 19.1. The summed E-state index contributed by atoms with van der Waals surface area (Å²) in [6, 6.07) is 14.0. The van der Waals surface area contributed by atoms with E-state index in [4.69, 9.17) is 4.98 Å². The fourth-order valence-corrected chi connectivity index (χ4v) is 4.21. The lowest BCUT2D eigenvalue weighted by molar-refractivity contribution is 0.0667. The number of likely N-dealkylation sites (tertiary alicyclic amines) is 1. The maximum absolute atomic E-state index is 13.0. The lowest BCUT2D eigenvalue weighted by Gasteiger charge is -2.32. The van der Waals surface area contributed by atoms with Crippen LogP contribution >= 0.6 is 0 Å². The molecule has 1 aromatic carbocycles. The van der Waals surface area contributed by atoms with E-state index in [0.29, 0.717) is 11.6 Å². The molecule has 0 unspecified atom stereocenters. The van der Waals surface area contributed by atoms with Crippen LogP contribution in [-0.4, -0.2) is 43.2 Å². The van der Waals surface area contributed by atoms with E-state index in [-0.39, 0.29) is 5.91 Å². The Kier molecular flexibility index (Phi) is 4.11. The van der Waals surface area contributed by atoms with Gasteiger partial charge in [0.2, 0.25) is 0 Å². The molecule has 5 rings (SSSR count). The van der Waals surface area contributed by atoms with Crippen molar-refractivity contribution in [2.24, 2.45) is 5.92 Å². The fraction of sp³-hybridized carbons (Fsp3) is 0.318. The van der Waals surface area contributed by atoms with E-state index in [0.717, 1.165) is 60.6 Å². The number of carbonyl (C=O) groups excluding carboxylic acids is 1. The van der Waals surface area contributed by atoms with Gasteiger partial charge in [0.1, 0.15) is 17.2 Å². The summed E-state index contributed by atoms with van der Waals surface area (Å²) in [5.74, 6) is 1.44. The van der Waals surface area contributed by atoms with Crippen LogP contribution in [0.15, 0.2) is 48.7 Å². The number of fused-ring (bicyclic) bond motifs is 2. The highest BCUT2D eigenvalue weighted by molar-refractivity contribution is 5.93. The molecule has 0 radical (unpaired) electrons. The van der Waals surface area contributed by atoms with Gasteiger partial charge in [-0.3, -0.25) is 4.79 Å². The molecule has 1 saturated heterocycles. The molecule has 142 valence electrons. The number of aryl methyl sites for hydroxylation is 1. The first-order valence-corrected chi connectivity index (χ1v) is 9.85. The van der Waals surface area contributed by atoms with E-state index in [1.54, 1.807) is 0 Å². The van der Waals surface area contributed by atoms with Gasteiger partial charge in [0.25, 0.3) is 5.91 Å². The molecule has 1 atom stereocenters. The number of rotatable bonds is 3. The number of hydrogen-bond donors (Lipinski definition) is 1. The molecule has 6 nitrogen and oxygen atoms in total. The second kappa shape index (κ2) is 6.78. The summed E-state index contributed by atoms with van der Waals surface area (Å²) in [6.45, 7) is 3.57. The Hall–Kier alpha value is -3.15. The van der Waals surface area contributed by atoms with Crippen LogP contribution in [0.2, 0.25) is 0 Å². The number of imidazole rings is 2. The molecule has 0 spiro atoms. The second-order valence-corrected chi connectivity index (χ2v) is 7.69. The Labute approximate surface area is 163 Å². The van der Waals surface area contributed by atoms with Crippen molar-refractivity contribution in [2.45, 2.75) is 26.2 Å². The van der Waals surface area contributed by atoms with Gasteiger partial charge in [-0.2, -0.15) is 0 Å². The predicted molar refractivity (Wildman–Crippen MR) is 108 cm³/mol. The number of piperidine rings is 1. The van der Waals surface area contributed by atoms with Crippen LogP contribution in [0.1, 0.15) is 34.8 Å². The molecule has 1 N–H and O–H groups in total. The summed E-state index contributed by atoms with van der Waals surface area (Å²) in [6.07, 6.45) is 4.85. The lowest BCUT2D eigenvalue weighted by Crippen LogP contribution is -2.40. The third kappa shape index (κ3) is 3.05. The minimum Gasteiger partial charge on any atom is -0.342 e. The first kappa shape index (κ1) is 17.0. The minimum atomic E-state index is 0.0254. The Morgan fingerprint density at radius 1 is 1.18 bits per heavy atom. The van der Waals surface area contributed by atoms with Crippen LogP contribution in [0, 0.1) is 12.8 Å². The number of nitrogens with one attached hydrogen (secondary N) is 1. The molecule has 28 heavy (non-hydrogen) atoms. The normalized spacial score (nSPS) is 17.5. The summed E-state index contributed by atoms with van der Waals surface area (Å²) in [5, 5.41) is 0. The number of pyridine rings is 1. The Bertz CT molecular complexity index is 1130. The van der Waals surface area contributed by atoms with Gasteiger partial charge in [-0.25, -0.2) is 9.97 Å². The van der Waals surface area contributed by atoms with Crippen molar-refractivity contribution < 1.29 is 4.79 Å². The number of hydrogen-bond acceptors (Lipinski definition) is 3. The monoisotopic (exact) mass is 373 g/mol. The molecule has 1 amide bonds. The molecule has 1 aliphatic heterocycles. The quantitative estimate of drug-likeness (QED) is 0.596. The Morgan fingerprint density at radius 3 is 2.93 bits per heavy atom. The number of amides is 1. The first-order chi connectivity index (χ1) is 13.7. The van der Waals surface area contributed by atoms with E-state index >= 15 is 0 Å². The third-order valence-corrected chi connectivity index (χ3v) is 5.64. The largest absolute Gasteiger partial charge is 0.342 e. The van der Waals surface area contributed by atoms with Crippen molar-refractivity contribution in [3.05, 3.63) is 65.9 Å². The molecule has 4 aromatic rings. The summed E-state index contributed by atoms with van der Waals surface area (Å²) in [4.78, 5) is 27.6. The van der Waals surface area contributed by atoms with Crippen LogP contribution in [0.3, 0.4) is 0 Å². The Morgan fingerprint density at radius 2 is 2.07 bits per heavy atom. The van der Waals surface area contributed by atoms with Gasteiger partial charge in [0.05, 0.1) is 11.0 Å². The predicted octanol–water partition coefficient (Wildman–Crippen LogP) is 3.61. The van der Waals surface area contributed by atoms with Crippen LogP contribution in [0.5, 0.6) is 0 Å². The highest BCUT2D eigenvalue weighted by Gasteiger charge is 2.27. The van der Waals surface area contributed by atoms with Crippen molar-refractivity contribution in [3.8, 4) is 0 Å². The van der Waals surface area contributed by atoms with Gasteiger partial charge in [0, 0.05) is 31.4 Å². The zero-order valence-electron chi connectivity index (χ0n) is 15.9. The molecule has 4 heterocycles. The van der Waals surface area contributed by atoms with Crippen LogP contribution in [-0.2, 0) is 6.42 Å². The van der Waals surface area contributed by atoms with Gasteiger partial charge in [0.15, 0.2) is 0 Å². The van der Waals surface area contributed by atoms with Crippen molar-refractivity contribution >= 4 is 22.6 Å². The first-order valence-electron chi connectivity index (χ1n) is 9.85. The van der Waals surface area contributed by atoms with Crippen molar-refractivity contribution in [1.82, 2.24) is 24.3 Å². The van der Waals surface area contributed by atoms with Gasteiger partial charge < -0.3 is 14.3 Å². The van der Waals surface area contributed by atoms with E-state index in [1.165, 1.54) is 0 Å². The third-order valence-electron chi connectivity index (χ3n) is 5.64. The maximum Gasteiger partial charge on any atom is 0.274 e. The van der Waals surface area contributed by atoms with E-state index < -0.39 is 0 Å². The van der Waals surface area contributed by atoms with Crippen molar-refractivity contribution in [1.29, 1.82) is 0 Å². The molecule has 0 aliphatic carbocycles. The maximum atomic E-state index is 13.0. The smallest absolute Gasteiger partial charge is 0.274 e. The van der Waals surface area contributed by atoms with Gasteiger partial charge in [-0.1, -0.05) is 18.2 Å². The molecule has 1 aliphatic rings. The average Bonchev–Trinajstić information content (AvgIpc) is 3.32. The second-order valence-electron chi connectivity index (χ2n) is 7.69. The fourth-order valence-electron chi connectivity index (χ4n) is 4.21. The molecule has 0 bridgehead atoms. The van der Waals surface area contributed by atoms with Crippen molar-refractivity contribution in [2.75, 3.05) is 13.1 Å². The summed E-state index contributed by atoms with van der Waals surface area (Å²) in [7, 11) is 0. The number of nitrogens with zero attached hydrogens (tertiary/aromatic N) is 4. The average molecular weight is 373 g/mol. The molecule has 1 fully saturated rings. The minimum absolute atomic E-state index is 0.0254. The topological polar surface area (TPSA) is 66.3 Å². The molecule has 3 aromatic heterocycles. The number of carbonyl (C=O) groups is 1. The molecular formula is C22H23N5O. The number of para-hydroxylation sites is 2. The lowest BCUT2D eigenvalue weighted by atomic mass is 9.94. The molecule has 6 heteroatoms. The Balaban J connectivity index is 1.32. The van der Waals surface area contributed by atoms with E-state index in [2.05, 4.69) is 9.97 Å². The molecule has 0 saturated carbocycles. The number of benzene rings is 1. The van der Waals surface area contributed by atoms with Gasteiger partial charge in [-0.15, -0.1) is 0 Å². The van der Waals surface area contributed by atoms with Crippen LogP contribution < -0.4 is 0 Å². The highest BCUT2D eigenvalue weighted by Crippen LogP contribution is 2.23. The standard InChI is InChI=1S/C22H23N5O/c1-15-6-4-10-21-25-19(14-27(15)21)22(28)26-11-5-7-16(13-26)12-20-23-17-8-2-3-9-18(17)24-20/h2-4,6,8-10,14,16H,5,7,11-13H2,1H3,(H,23,24)/t16-/m0/s1. The van der Waals surface area contributed by atoms with E-state index in [1.807, 2.05) is 64.9 Å². The highest BCUT2D eigenvalue weighted by atomic mass is 16.2. The number of H-pyrrole nitrogens is 1. The zero-order valence-corrected chi connectivity index (χ0v) is 15.9. The summed E-state index contributed by atoms with van der Waals surface area (Å²) >= 11 is 0.